The van der Waals surface area contributed by atoms with E-state index in [2.05, 4.69) is 9.88 Å². The molecule has 0 spiro atoms. The van der Waals surface area contributed by atoms with Crippen molar-refractivity contribution >= 4 is 5.65 Å². The lowest BCUT2D eigenvalue weighted by Crippen LogP contribution is -2.25. The Balaban J connectivity index is 1.65. The van der Waals surface area contributed by atoms with Gasteiger partial charge in [0.05, 0.1) is 5.69 Å². The number of halogens is 1. The number of likely N-dealkylation sites (tertiary alicyclic amines) is 1. The number of fused-ring (bicyclic) bond motifs is 1. The van der Waals surface area contributed by atoms with Crippen LogP contribution >= 0.6 is 0 Å². The van der Waals surface area contributed by atoms with Crippen LogP contribution in [-0.4, -0.2) is 25.9 Å². The minimum atomic E-state index is -0.243. The number of rotatable bonds is 3. The molecule has 0 amide bonds. The Hall–Kier alpha value is -2.73. The van der Waals surface area contributed by atoms with Gasteiger partial charge in [-0.15, -0.1) is 0 Å². The largest absolute Gasteiger partial charge is 0.504 e. The van der Waals surface area contributed by atoms with Gasteiger partial charge in [-0.2, -0.15) is 0 Å². The summed E-state index contributed by atoms with van der Waals surface area (Å²) in [5, 5.41) is 9.97. The highest BCUT2D eigenvalue weighted by molar-refractivity contribution is 5.52. The molecule has 0 bridgehead atoms. The van der Waals surface area contributed by atoms with E-state index in [9.17, 15) is 14.3 Å². The second-order valence-electron chi connectivity index (χ2n) is 6.35. The molecule has 25 heavy (non-hydrogen) atoms. The lowest BCUT2D eigenvalue weighted by Gasteiger charge is -2.24. The zero-order valence-corrected chi connectivity index (χ0v) is 13.6. The van der Waals surface area contributed by atoms with Gasteiger partial charge in [0, 0.05) is 24.8 Å². The first-order valence-electron chi connectivity index (χ1n) is 8.31. The number of aromatic nitrogens is 2. The number of benzene rings is 1. The van der Waals surface area contributed by atoms with Crippen molar-refractivity contribution in [2.45, 2.75) is 25.4 Å². The predicted molar refractivity (Wildman–Crippen MR) is 91.9 cm³/mol. The number of hydrogen-bond donors (Lipinski definition) is 1. The van der Waals surface area contributed by atoms with Crippen molar-refractivity contribution in [3.8, 4) is 5.75 Å². The summed E-state index contributed by atoms with van der Waals surface area (Å²) >= 11 is 0. The van der Waals surface area contributed by atoms with E-state index in [-0.39, 0.29) is 28.8 Å². The third-order valence-electron chi connectivity index (χ3n) is 4.71. The monoisotopic (exact) mass is 339 g/mol. The van der Waals surface area contributed by atoms with Gasteiger partial charge in [-0.1, -0.05) is 12.1 Å². The van der Waals surface area contributed by atoms with Gasteiger partial charge in [0.15, 0.2) is 11.4 Å². The molecule has 0 radical (unpaired) electrons. The highest BCUT2D eigenvalue weighted by atomic mass is 19.1. The first-order chi connectivity index (χ1) is 12.1. The maximum atomic E-state index is 13.2. The average molecular weight is 339 g/mol. The molecule has 0 saturated carbocycles. The van der Waals surface area contributed by atoms with Gasteiger partial charge in [0.1, 0.15) is 5.82 Å². The van der Waals surface area contributed by atoms with Crippen LogP contribution in [-0.2, 0) is 6.54 Å². The fourth-order valence-electron chi connectivity index (χ4n) is 3.53. The molecule has 1 N–H and O–H groups in total. The number of hydrogen-bond acceptors (Lipinski definition) is 4. The zero-order chi connectivity index (χ0) is 17.4. The quantitative estimate of drug-likeness (QED) is 0.797. The SMILES string of the molecule is O=c1cc(CN2CCCC2c2ccc(F)cc2)nc2c(O)cccn12. The van der Waals surface area contributed by atoms with Crippen LogP contribution in [0.2, 0.25) is 0 Å². The van der Waals surface area contributed by atoms with Crippen molar-refractivity contribution in [2.75, 3.05) is 6.54 Å². The highest BCUT2D eigenvalue weighted by Crippen LogP contribution is 2.33. The van der Waals surface area contributed by atoms with Crippen molar-refractivity contribution in [1.29, 1.82) is 0 Å². The van der Waals surface area contributed by atoms with E-state index >= 15 is 0 Å². The van der Waals surface area contributed by atoms with Gasteiger partial charge >= 0.3 is 0 Å². The lowest BCUT2D eigenvalue weighted by molar-refractivity contribution is 0.245. The van der Waals surface area contributed by atoms with Gasteiger partial charge < -0.3 is 5.11 Å². The molecule has 1 atom stereocenters. The van der Waals surface area contributed by atoms with Crippen LogP contribution < -0.4 is 5.56 Å². The molecule has 3 aromatic rings. The maximum absolute atomic E-state index is 13.2. The van der Waals surface area contributed by atoms with Crippen LogP contribution in [0, 0.1) is 5.82 Å². The van der Waals surface area contributed by atoms with Crippen LogP contribution in [0.15, 0.2) is 53.5 Å². The number of aromatic hydroxyl groups is 1. The normalized spacial score (nSPS) is 18.0. The highest BCUT2D eigenvalue weighted by Gasteiger charge is 2.26. The van der Waals surface area contributed by atoms with Crippen LogP contribution in [0.25, 0.3) is 5.65 Å². The summed E-state index contributed by atoms with van der Waals surface area (Å²) in [7, 11) is 0. The van der Waals surface area contributed by atoms with Gasteiger partial charge in [-0.05, 0) is 49.2 Å². The summed E-state index contributed by atoms with van der Waals surface area (Å²) in [5.41, 5.74) is 1.75. The van der Waals surface area contributed by atoms with E-state index in [0.717, 1.165) is 24.9 Å². The average Bonchev–Trinajstić information content (AvgIpc) is 3.05. The van der Waals surface area contributed by atoms with Crippen molar-refractivity contribution in [3.05, 3.63) is 76.1 Å². The van der Waals surface area contributed by atoms with Crippen molar-refractivity contribution in [1.82, 2.24) is 14.3 Å². The topological polar surface area (TPSA) is 57.8 Å². The molecule has 0 aliphatic carbocycles. The van der Waals surface area contributed by atoms with E-state index in [1.807, 2.05) is 12.1 Å². The summed E-state index contributed by atoms with van der Waals surface area (Å²) in [4.78, 5) is 19.0. The predicted octanol–water partition coefficient (Wildman–Crippen LogP) is 2.88. The molecular formula is C19H18FN3O2. The zero-order valence-electron chi connectivity index (χ0n) is 13.6. The van der Waals surface area contributed by atoms with Gasteiger partial charge in [-0.3, -0.25) is 14.1 Å². The standard InChI is InChI=1S/C19H18FN3O2/c20-14-7-5-13(6-8-14)16-3-1-9-22(16)12-15-11-18(25)23-10-2-4-17(24)19(23)21-15/h2,4-8,10-11,16,24H,1,3,9,12H2. The van der Waals surface area contributed by atoms with Crippen LogP contribution in [0.3, 0.4) is 0 Å². The van der Waals surface area contributed by atoms with E-state index in [0.29, 0.717) is 12.2 Å². The van der Waals surface area contributed by atoms with Crippen LogP contribution in [0.5, 0.6) is 5.75 Å². The van der Waals surface area contributed by atoms with Crippen molar-refractivity contribution in [3.63, 3.8) is 0 Å². The molecule has 5 nitrogen and oxygen atoms in total. The Bertz CT molecular complexity index is 969. The van der Waals surface area contributed by atoms with Gasteiger partial charge in [0.2, 0.25) is 0 Å². The molecule has 6 heteroatoms. The molecule has 3 heterocycles. The second kappa shape index (κ2) is 6.29. The molecule has 1 saturated heterocycles. The van der Waals surface area contributed by atoms with Crippen LogP contribution in [0.1, 0.15) is 30.1 Å². The summed E-state index contributed by atoms with van der Waals surface area (Å²) < 4.78 is 14.5. The van der Waals surface area contributed by atoms with E-state index in [1.54, 1.807) is 12.3 Å². The van der Waals surface area contributed by atoms with Crippen LogP contribution in [0.4, 0.5) is 4.39 Å². The molecule has 1 aromatic carbocycles. The Morgan fingerprint density at radius 3 is 2.84 bits per heavy atom. The molecule has 128 valence electrons. The first kappa shape index (κ1) is 15.8. The Labute approximate surface area is 144 Å². The van der Waals surface area contributed by atoms with E-state index < -0.39 is 0 Å². The summed E-state index contributed by atoms with van der Waals surface area (Å²) in [6.45, 7) is 1.41. The lowest BCUT2D eigenvalue weighted by atomic mass is 10.0. The minimum absolute atomic E-state index is 0.0158. The summed E-state index contributed by atoms with van der Waals surface area (Å²) in [5.74, 6) is -0.258. The first-order valence-corrected chi connectivity index (χ1v) is 8.31. The van der Waals surface area contributed by atoms with Gasteiger partial charge in [0.25, 0.3) is 5.56 Å². The summed E-state index contributed by atoms with van der Waals surface area (Å²) in [6, 6.07) is 11.4. The number of nitrogens with zero attached hydrogens (tertiary/aromatic N) is 3. The summed E-state index contributed by atoms with van der Waals surface area (Å²) in [6.07, 6.45) is 3.62. The smallest absolute Gasteiger partial charge is 0.258 e. The third kappa shape index (κ3) is 3.00. The fourth-order valence-corrected chi connectivity index (χ4v) is 3.53. The van der Waals surface area contributed by atoms with Crippen molar-refractivity contribution in [2.24, 2.45) is 0 Å². The third-order valence-corrected chi connectivity index (χ3v) is 4.71. The van der Waals surface area contributed by atoms with E-state index in [4.69, 9.17) is 0 Å². The molecule has 1 unspecified atom stereocenters. The molecule has 1 aliphatic heterocycles. The Morgan fingerprint density at radius 1 is 1.24 bits per heavy atom. The van der Waals surface area contributed by atoms with Crippen molar-refractivity contribution < 1.29 is 9.50 Å². The van der Waals surface area contributed by atoms with Gasteiger partial charge in [-0.25, -0.2) is 9.37 Å². The molecule has 2 aromatic heterocycles. The molecule has 1 aliphatic rings. The van der Waals surface area contributed by atoms with E-state index in [1.165, 1.54) is 28.7 Å². The second-order valence-corrected chi connectivity index (χ2v) is 6.35. The molecule has 1 fully saturated rings. The Morgan fingerprint density at radius 2 is 2.04 bits per heavy atom. The molecule has 4 rings (SSSR count). The fraction of sp³-hybridized carbons (Fsp3) is 0.263. The minimum Gasteiger partial charge on any atom is -0.504 e. The number of pyridine rings is 1. The Kier molecular flexibility index (Phi) is 3.97. The molecular weight excluding hydrogens is 321 g/mol. The maximum Gasteiger partial charge on any atom is 0.258 e.